The molecule has 0 bridgehead atoms. The monoisotopic (exact) mass is 242 g/mol. The van der Waals surface area contributed by atoms with Crippen LogP contribution in [-0.4, -0.2) is 50.3 Å². The number of ether oxygens (including phenoxy) is 1. The highest BCUT2D eigenvalue weighted by atomic mass is 16.5. The molecule has 0 radical (unpaired) electrons. The van der Waals surface area contributed by atoms with Gasteiger partial charge in [-0.05, 0) is 45.7 Å². The van der Waals surface area contributed by atoms with Gasteiger partial charge in [0.1, 0.15) is 0 Å². The Kier molecular flexibility index (Phi) is 7.09. The van der Waals surface area contributed by atoms with Crippen molar-refractivity contribution in [1.82, 2.24) is 10.2 Å². The van der Waals surface area contributed by atoms with Gasteiger partial charge >= 0.3 is 0 Å². The van der Waals surface area contributed by atoms with E-state index in [2.05, 4.69) is 38.0 Å². The van der Waals surface area contributed by atoms with Crippen LogP contribution in [0.15, 0.2) is 0 Å². The van der Waals surface area contributed by atoms with Gasteiger partial charge in [-0.15, -0.1) is 0 Å². The van der Waals surface area contributed by atoms with Crippen molar-refractivity contribution < 1.29 is 4.74 Å². The van der Waals surface area contributed by atoms with Crippen LogP contribution in [0.3, 0.4) is 0 Å². The predicted octanol–water partition coefficient (Wildman–Crippen LogP) is 2.12. The number of hydrogen-bond donors (Lipinski definition) is 1. The zero-order chi connectivity index (χ0) is 12.7. The second kappa shape index (κ2) is 8.06. The molecule has 0 saturated carbocycles. The molecule has 1 aliphatic heterocycles. The van der Waals surface area contributed by atoms with Crippen LogP contribution in [0.4, 0.5) is 0 Å². The molecule has 0 spiro atoms. The highest BCUT2D eigenvalue weighted by molar-refractivity contribution is 4.73. The zero-order valence-electron chi connectivity index (χ0n) is 12.0. The topological polar surface area (TPSA) is 24.5 Å². The van der Waals surface area contributed by atoms with Crippen LogP contribution in [0, 0.1) is 5.92 Å². The minimum absolute atomic E-state index is 0.460. The van der Waals surface area contributed by atoms with E-state index in [1.807, 2.05) is 0 Å². The Balaban J connectivity index is 2.14. The first kappa shape index (κ1) is 14.9. The lowest BCUT2D eigenvalue weighted by atomic mass is 10.1. The third-order valence-electron chi connectivity index (χ3n) is 3.51. The number of nitrogens with zero attached hydrogens (tertiary/aromatic N) is 1. The fourth-order valence-corrected chi connectivity index (χ4v) is 2.19. The molecule has 17 heavy (non-hydrogen) atoms. The van der Waals surface area contributed by atoms with Gasteiger partial charge < -0.3 is 10.1 Å². The molecule has 0 amide bonds. The van der Waals surface area contributed by atoms with E-state index in [-0.39, 0.29) is 0 Å². The molecule has 3 heteroatoms. The van der Waals surface area contributed by atoms with E-state index in [0.717, 1.165) is 32.2 Å². The summed E-state index contributed by atoms with van der Waals surface area (Å²) in [5.74, 6) is 0.731. The van der Waals surface area contributed by atoms with Gasteiger partial charge in [-0.2, -0.15) is 0 Å². The summed E-state index contributed by atoms with van der Waals surface area (Å²) in [7, 11) is 2.21. The number of rotatable bonds is 7. The third-order valence-corrected chi connectivity index (χ3v) is 3.51. The minimum Gasteiger partial charge on any atom is -0.377 e. The van der Waals surface area contributed by atoms with Crippen LogP contribution >= 0.6 is 0 Å². The van der Waals surface area contributed by atoms with E-state index >= 15 is 0 Å². The molecule has 102 valence electrons. The standard InChI is InChI=1S/C14H30N2O/c1-12(2)9-15-10-13(3)16(4)11-14-7-5-6-8-17-14/h12-15H,5-11H2,1-4H3. The fourth-order valence-electron chi connectivity index (χ4n) is 2.19. The van der Waals surface area contributed by atoms with Crippen molar-refractivity contribution in [2.45, 2.75) is 52.2 Å². The van der Waals surface area contributed by atoms with Gasteiger partial charge in [0.05, 0.1) is 6.10 Å². The van der Waals surface area contributed by atoms with Crippen molar-refractivity contribution in [2.75, 3.05) is 33.3 Å². The van der Waals surface area contributed by atoms with Crippen molar-refractivity contribution in [3.63, 3.8) is 0 Å². The lowest BCUT2D eigenvalue weighted by molar-refractivity contribution is -0.00690. The Bertz CT molecular complexity index is 191. The molecule has 3 nitrogen and oxygen atoms in total. The lowest BCUT2D eigenvalue weighted by Crippen LogP contribution is -2.43. The summed E-state index contributed by atoms with van der Waals surface area (Å²) in [4.78, 5) is 2.42. The van der Waals surface area contributed by atoms with Crippen LogP contribution in [-0.2, 0) is 4.74 Å². The first-order chi connectivity index (χ1) is 8.09. The van der Waals surface area contributed by atoms with Crippen LogP contribution < -0.4 is 5.32 Å². The van der Waals surface area contributed by atoms with E-state index in [9.17, 15) is 0 Å². The SMILES string of the molecule is CC(C)CNCC(C)N(C)CC1CCCCO1. The highest BCUT2D eigenvalue weighted by Crippen LogP contribution is 2.14. The summed E-state index contributed by atoms with van der Waals surface area (Å²) in [6, 6.07) is 0.583. The van der Waals surface area contributed by atoms with Crippen molar-refractivity contribution in [3.05, 3.63) is 0 Å². The maximum atomic E-state index is 5.78. The second-order valence-electron chi connectivity index (χ2n) is 5.83. The molecule has 1 aliphatic rings. The Morgan fingerprint density at radius 1 is 1.24 bits per heavy atom. The Hall–Kier alpha value is -0.120. The van der Waals surface area contributed by atoms with Crippen LogP contribution in [0.25, 0.3) is 0 Å². The van der Waals surface area contributed by atoms with Gasteiger partial charge in [-0.3, -0.25) is 4.90 Å². The van der Waals surface area contributed by atoms with Crippen molar-refractivity contribution in [1.29, 1.82) is 0 Å². The van der Waals surface area contributed by atoms with E-state index in [0.29, 0.717) is 12.1 Å². The normalized spacial score (nSPS) is 23.3. The van der Waals surface area contributed by atoms with E-state index in [4.69, 9.17) is 4.74 Å². The van der Waals surface area contributed by atoms with Gasteiger partial charge in [-0.1, -0.05) is 13.8 Å². The molecule has 0 aromatic heterocycles. The quantitative estimate of drug-likeness (QED) is 0.740. The van der Waals surface area contributed by atoms with Gasteiger partial charge in [0.2, 0.25) is 0 Å². The Morgan fingerprint density at radius 3 is 2.59 bits per heavy atom. The number of likely N-dealkylation sites (N-methyl/N-ethyl adjacent to an activating group) is 1. The van der Waals surface area contributed by atoms with Crippen molar-refractivity contribution >= 4 is 0 Å². The van der Waals surface area contributed by atoms with E-state index in [1.165, 1.54) is 19.3 Å². The second-order valence-corrected chi connectivity index (χ2v) is 5.83. The van der Waals surface area contributed by atoms with E-state index in [1.54, 1.807) is 0 Å². The highest BCUT2D eigenvalue weighted by Gasteiger charge is 2.18. The summed E-state index contributed by atoms with van der Waals surface area (Å²) in [6.07, 6.45) is 4.27. The van der Waals surface area contributed by atoms with Gasteiger partial charge in [0.15, 0.2) is 0 Å². The summed E-state index contributed by atoms with van der Waals surface area (Å²) in [6.45, 7) is 11.0. The molecule has 1 fully saturated rings. The molecule has 0 aliphatic carbocycles. The molecule has 0 aromatic carbocycles. The molecule has 2 atom stereocenters. The van der Waals surface area contributed by atoms with E-state index < -0.39 is 0 Å². The maximum Gasteiger partial charge on any atom is 0.0702 e. The maximum absolute atomic E-state index is 5.78. The number of nitrogens with one attached hydrogen (secondary N) is 1. The summed E-state index contributed by atoms with van der Waals surface area (Å²) in [5, 5.41) is 3.52. The minimum atomic E-state index is 0.460. The van der Waals surface area contributed by atoms with Crippen LogP contribution in [0.1, 0.15) is 40.0 Å². The molecule has 1 rings (SSSR count). The summed E-state index contributed by atoms with van der Waals surface area (Å²) < 4.78 is 5.78. The average Bonchev–Trinajstić information content (AvgIpc) is 2.29. The first-order valence-corrected chi connectivity index (χ1v) is 7.12. The zero-order valence-corrected chi connectivity index (χ0v) is 12.0. The molecule has 1 saturated heterocycles. The molecule has 0 aromatic rings. The first-order valence-electron chi connectivity index (χ1n) is 7.12. The number of hydrogen-bond acceptors (Lipinski definition) is 3. The molecular weight excluding hydrogens is 212 g/mol. The van der Waals surface area contributed by atoms with Gasteiger partial charge in [-0.25, -0.2) is 0 Å². The molecule has 2 unspecified atom stereocenters. The van der Waals surface area contributed by atoms with Crippen LogP contribution in [0.2, 0.25) is 0 Å². The predicted molar refractivity (Wildman–Crippen MR) is 73.4 cm³/mol. The average molecular weight is 242 g/mol. The third kappa shape index (κ3) is 6.39. The van der Waals surface area contributed by atoms with Gasteiger partial charge in [0, 0.05) is 25.7 Å². The van der Waals surface area contributed by atoms with Crippen LogP contribution in [0.5, 0.6) is 0 Å². The largest absolute Gasteiger partial charge is 0.377 e. The Morgan fingerprint density at radius 2 is 2.00 bits per heavy atom. The summed E-state index contributed by atoms with van der Waals surface area (Å²) in [5.41, 5.74) is 0. The molecule has 1 N–H and O–H groups in total. The fraction of sp³-hybridized carbons (Fsp3) is 1.00. The summed E-state index contributed by atoms with van der Waals surface area (Å²) >= 11 is 0. The molecule has 1 heterocycles. The van der Waals surface area contributed by atoms with Crippen molar-refractivity contribution in [2.24, 2.45) is 5.92 Å². The van der Waals surface area contributed by atoms with Gasteiger partial charge in [0.25, 0.3) is 0 Å². The van der Waals surface area contributed by atoms with Crippen molar-refractivity contribution in [3.8, 4) is 0 Å². The smallest absolute Gasteiger partial charge is 0.0702 e. The molecular formula is C14H30N2O. The lowest BCUT2D eigenvalue weighted by Gasteiger charge is -2.31. The Labute approximate surface area is 107 Å².